The maximum absolute atomic E-state index is 12.9. The summed E-state index contributed by atoms with van der Waals surface area (Å²) < 4.78 is 18.8. The van der Waals surface area contributed by atoms with E-state index in [9.17, 15) is 4.39 Å². The quantitative estimate of drug-likeness (QED) is 0.596. The molecule has 0 spiro atoms. The van der Waals surface area contributed by atoms with Crippen LogP contribution in [0.1, 0.15) is 12.8 Å². The second-order valence-electron chi connectivity index (χ2n) is 6.30. The van der Waals surface area contributed by atoms with Crippen LogP contribution in [0.5, 0.6) is 5.19 Å². The molecule has 0 amide bonds. The number of hydrogen-bond donors (Lipinski definition) is 0. The van der Waals surface area contributed by atoms with Crippen molar-refractivity contribution in [3.8, 4) is 15.6 Å². The predicted octanol–water partition coefficient (Wildman–Crippen LogP) is 4.08. The largest absolute Gasteiger partial charge is 0.470 e. The molecule has 1 aliphatic heterocycles. The van der Waals surface area contributed by atoms with E-state index in [2.05, 4.69) is 24.8 Å². The molecule has 0 bridgehead atoms. The van der Waals surface area contributed by atoms with Gasteiger partial charge < -0.3 is 9.64 Å². The molecule has 27 heavy (non-hydrogen) atoms. The molecule has 0 unspecified atom stereocenters. The molecule has 1 fully saturated rings. The van der Waals surface area contributed by atoms with Crippen LogP contribution in [0.3, 0.4) is 0 Å². The smallest absolute Gasteiger partial charge is 0.273 e. The van der Waals surface area contributed by atoms with Gasteiger partial charge in [0.2, 0.25) is 11.9 Å². The van der Waals surface area contributed by atoms with Gasteiger partial charge in [-0.25, -0.2) is 19.9 Å². The molecule has 140 valence electrons. The summed E-state index contributed by atoms with van der Waals surface area (Å²) in [5, 5.41) is 1.17. The van der Waals surface area contributed by atoms with Crippen molar-refractivity contribution in [2.24, 2.45) is 5.92 Å². The highest BCUT2D eigenvalue weighted by Crippen LogP contribution is 2.31. The van der Waals surface area contributed by atoms with E-state index in [0.717, 1.165) is 42.3 Å². The normalized spacial score (nSPS) is 15.1. The minimum absolute atomic E-state index is 0.466. The molecule has 1 saturated heterocycles. The van der Waals surface area contributed by atoms with Gasteiger partial charge in [-0.05, 0) is 30.9 Å². The molecule has 3 aromatic rings. The maximum atomic E-state index is 12.9. The van der Waals surface area contributed by atoms with Gasteiger partial charge >= 0.3 is 0 Å². The van der Waals surface area contributed by atoms with Crippen molar-refractivity contribution < 1.29 is 9.13 Å². The van der Waals surface area contributed by atoms with E-state index in [4.69, 9.17) is 16.3 Å². The number of ether oxygens (including phenoxy) is 1. The Hall–Kier alpha value is -2.32. The molecule has 9 heteroatoms. The van der Waals surface area contributed by atoms with Crippen molar-refractivity contribution in [3.05, 3.63) is 47.9 Å². The summed E-state index contributed by atoms with van der Waals surface area (Å²) in [5.74, 6) is 0.694. The molecule has 0 saturated carbocycles. The summed E-state index contributed by atoms with van der Waals surface area (Å²) in [5.41, 5.74) is 0.833. The van der Waals surface area contributed by atoms with Crippen LogP contribution in [0.2, 0.25) is 5.02 Å². The Morgan fingerprint density at radius 3 is 2.56 bits per heavy atom. The Labute approximate surface area is 165 Å². The number of thiazole rings is 1. The SMILES string of the molecule is Fc1ccc(-c2cnc(OCC3CCN(c4ncc(Cl)cn4)CC3)s2)cn1. The predicted molar refractivity (Wildman–Crippen MR) is 103 cm³/mol. The van der Waals surface area contributed by atoms with E-state index < -0.39 is 5.95 Å². The number of halogens is 2. The molecule has 0 atom stereocenters. The van der Waals surface area contributed by atoms with Gasteiger partial charge in [0.25, 0.3) is 5.19 Å². The minimum Gasteiger partial charge on any atom is -0.470 e. The van der Waals surface area contributed by atoms with Crippen molar-refractivity contribution in [2.75, 3.05) is 24.6 Å². The standard InChI is InChI=1S/C18H17ClFN5OS/c19-14-8-22-17(23-9-14)25-5-3-12(4-6-25)11-26-18-24-10-15(27-18)13-1-2-16(20)21-7-13/h1-2,7-10,12H,3-6,11H2. The summed E-state index contributed by atoms with van der Waals surface area (Å²) in [6, 6.07) is 3.03. The monoisotopic (exact) mass is 405 g/mol. The van der Waals surface area contributed by atoms with Crippen LogP contribution < -0.4 is 9.64 Å². The summed E-state index contributed by atoms with van der Waals surface area (Å²) in [6.07, 6.45) is 8.49. The molecule has 3 aromatic heterocycles. The van der Waals surface area contributed by atoms with Crippen LogP contribution in [0.4, 0.5) is 10.3 Å². The molecule has 4 heterocycles. The van der Waals surface area contributed by atoms with E-state index in [-0.39, 0.29) is 0 Å². The van der Waals surface area contributed by atoms with Gasteiger partial charge in [-0.3, -0.25) is 0 Å². The Kier molecular flexibility index (Phi) is 5.45. The first-order valence-electron chi connectivity index (χ1n) is 8.60. The van der Waals surface area contributed by atoms with Gasteiger partial charge in [0.15, 0.2) is 0 Å². The molecule has 0 aromatic carbocycles. The van der Waals surface area contributed by atoms with E-state index in [1.165, 1.54) is 23.6 Å². The Balaban J connectivity index is 1.28. The molecular formula is C18H17ClFN5OS. The lowest BCUT2D eigenvalue weighted by molar-refractivity contribution is 0.221. The fourth-order valence-corrected chi connectivity index (χ4v) is 3.80. The van der Waals surface area contributed by atoms with Crippen molar-refractivity contribution in [1.82, 2.24) is 19.9 Å². The van der Waals surface area contributed by atoms with Crippen LogP contribution in [-0.4, -0.2) is 39.6 Å². The summed E-state index contributed by atoms with van der Waals surface area (Å²) >= 11 is 7.28. The molecule has 6 nitrogen and oxygen atoms in total. The maximum Gasteiger partial charge on any atom is 0.273 e. The number of pyridine rings is 1. The third-order valence-corrected chi connectivity index (χ3v) is 5.60. The molecular weight excluding hydrogens is 389 g/mol. The zero-order chi connectivity index (χ0) is 18.6. The molecule has 0 radical (unpaired) electrons. The number of rotatable bonds is 5. The molecule has 0 N–H and O–H groups in total. The first kappa shape index (κ1) is 18.1. The molecule has 4 rings (SSSR count). The van der Waals surface area contributed by atoms with Crippen LogP contribution >= 0.6 is 22.9 Å². The van der Waals surface area contributed by atoms with E-state index in [1.54, 1.807) is 24.7 Å². The second-order valence-corrected chi connectivity index (χ2v) is 7.73. The minimum atomic E-state index is -0.491. The highest BCUT2D eigenvalue weighted by atomic mass is 35.5. The lowest BCUT2D eigenvalue weighted by atomic mass is 9.98. The Morgan fingerprint density at radius 2 is 1.85 bits per heavy atom. The fraction of sp³-hybridized carbons (Fsp3) is 0.333. The van der Waals surface area contributed by atoms with Gasteiger partial charge in [-0.2, -0.15) is 4.39 Å². The van der Waals surface area contributed by atoms with E-state index in [0.29, 0.717) is 22.7 Å². The van der Waals surface area contributed by atoms with Crippen molar-refractivity contribution in [1.29, 1.82) is 0 Å². The average Bonchev–Trinajstić information content (AvgIpc) is 3.17. The van der Waals surface area contributed by atoms with Gasteiger partial charge in [0.05, 0.1) is 28.9 Å². The van der Waals surface area contributed by atoms with Gasteiger partial charge in [0.1, 0.15) is 0 Å². The Morgan fingerprint density at radius 1 is 1.07 bits per heavy atom. The first-order chi connectivity index (χ1) is 13.2. The number of piperidine rings is 1. The summed E-state index contributed by atoms with van der Waals surface area (Å²) in [7, 11) is 0. The van der Waals surface area contributed by atoms with Crippen LogP contribution in [0, 0.1) is 11.9 Å². The topological polar surface area (TPSA) is 64.0 Å². The number of nitrogens with zero attached hydrogens (tertiary/aromatic N) is 5. The van der Waals surface area contributed by atoms with Crippen LogP contribution in [0.15, 0.2) is 36.9 Å². The first-order valence-corrected chi connectivity index (χ1v) is 9.80. The summed E-state index contributed by atoms with van der Waals surface area (Å²) in [6.45, 7) is 2.41. The second kappa shape index (κ2) is 8.14. The van der Waals surface area contributed by atoms with Gasteiger partial charge in [-0.1, -0.05) is 22.9 Å². The van der Waals surface area contributed by atoms with Gasteiger partial charge in [-0.15, -0.1) is 0 Å². The Bertz CT molecular complexity index is 882. The van der Waals surface area contributed by atoms with Crippen LogP contribution in [-0.2, 0) is 0 Å². The summed E-state index contributed by atoms with van der Waals surface area (Å²) in [4.78, 5) is 19.6. The third kappa shape index (κ3) is 4.51. The number of aromatic nitrogens is 4. The molecule has 0 aliphatic carbocycles. The zero-order valence-electron chi connectivity index (χ0n) is 14.4. The fourth-order valence-electron chi connectivity index (χ4n) is 2.94. The number of anilines is 1. The van der Waals surface area contributed by atoms with Gasteiger partial charge in [0, 0.05) is 31.0 Å². The lowest BCUT2D eigenvalue weighted by Crippen LogP contribution is -2.36. The highest BCUT2D eigenvalue weighted by Gasteiger charge is 2.22. The number of hydrogen-bond acceptors (Lipinski definition) is 7. The van der Waals surface area contributed by atoms with Crippen molar-refractivity contribution in [2.45, 2.75) is 12.8 Å². The van der Waals surface area contributed by atoms with Crippen LogP contribution in [0.25, 0.3) is 10.4 Å². The average molecular weight is 406 g/mol. The lowest BCUT2D eigenvalue weighted by Gasteiger charge is -2.31. The van der Waals surface area contributed by atoms with Crippen molar-refractivity contribution in [3.63, 3.8) is 0 Å². The highest BCUT2D eigenvalue weighted by molar-refractivity contribution is 7.16. The van der Waals surface area contributed by atoms with E-state index in [1.807, 2.05) is 0 Å². The molecule has 1 aliphatic rings. The van der Waals surface area contributed by atoms with Crippen molar-refractivity contribution >= 4 is 28.9 Å². The zero-order valence-corrected chi connectivity index (χ0v) is 16.0. The third-order valence-electron chi connectivity index (χ3n) is 4.44. The van der Waals surface area contributed by atoms with E-state index >= 15 is 0 Å².